The number of halogens is 1. The number of carbonyl (C=O) groups is 3. The minimum absolute atomic E-state index is 0.133. The minimum atomic E-state index is -1.06. The van der Waals surface area contributed by atoms with Gasteiger partial charge < -0.3 is 14.2 Å². The van der Waals surface area contributed by atoms with E-state index in [-0.39, 0.29) is 17.1 Å². The number of carbonyl (C=O) groups excluding carboxylic acids is 3. The number of hydrogen-bond donors (Lipinski definition) is 0. The van der Waals surface area contributed by atoms with Gasteiger partial charge in [0.25, 0.3) is 5.91 Å². The van der Waals surface area contributed by atoms with Gasteiger partial charge in [-0.1, -0.05) is 31.2 Å². The quantitative estimate of drug-likeness (QED) is 0.134. The summed E-state index contributed by atoms with van der Waals surface area (Å²) in [6, 6.07) is 25.2. The number of imide groups is 1. The van der Waals surface area contributed by atoms with Crippen LogP contribution in [-0.4, -0.2) is 37.6 Å². The van der Waals surface area contributed by atoms with Crippen LogP contribution in [0.4, 0.5) is 15.8 Å². The number of hydroxylamine groups is 1. The summed E-state index contributed by atoms with van der Waals surface area (Å²) in [6.45, 7) is 2.57. The van der Waals surface area contributed by atoms with Gasteiger partial charge in [0.15, 0.2) is 17.6 Å². The van der Waals surface area contributed by atoms with Crippen LogP contribution in [0.25, 0.3) is 0 Å². The second-order valence-corrected chi connectivity index (χ2v) is 10.3. The topological polar surface area (TPSA) is 94.6 Å². The summed E-state index contributed by atoms with van der Waals surface area (Å²) in [4.78, 5) is 47.8. The van der Waals surface area contributed by atoms with Crippen molar-refractivity contribution in [1.29, 1.82) is 0 Å². The number of esters is 1. The second kappa shape index (κ2) is 12.2. The van der Waals surface area contributed by atoms with E-state index in [9.17, 15) is 18.8 Å². The van der Waals surface area contributed by atoms with Gasteiger partial charge in [-0.3, -0.25) is 14.4 Å². The van der Waals surface area contributed by atoms with Crippen molar-refractivity contribution in [3.63, 3.8) is 0 Å². The van der Waals surface area contributed by atoms with Crippen LogP contribution in [0.2, 0.25) is 0 Å². The number of anilines is 2. The average Bonchev–Trinajstić information content (AvgIpc) is 3.56. The molecule has 2 amide bonds. The highest BCUT2D eigenvalue weighted by Crippen LogP contribution is 2.48. The average molecular weight is 597 g/mol. The van der Waals surface area contributed by atoms with Gasteiger partial charge in [0.05, 0.1) is 36.7 Å². The minimum Gasteiger partial charge on any atom is -0.494 e. The van der Waals surface area contributed by atoms with Crippen molar-refractivity contribution in [2.75, 3.05) is 23.7 Å². The Labute approximate surface area is 253 Å². The Balaban J connectivity index is 1.33. The van der Waals surface area contributed by atoms with E-state index in [2.05, 4.69) is 0 Å². The van der Waals surface area contributed by atoms with Crippen molar-refractivity contribution in [1.82, 2.24) is 0 Å². The molecular weight excluding hydrogens is 567 g/mol. The first-order chi connectivity index (χ1) is 21.4. The van der Waals surface area contributed by atoms with Crippen LogP contribution in [0.3, 0.4) is 0 Å². The molecule has 0 bridgehead atoms. The highest BCUT2D eigenvalue weighted by Gasteiger charge is 2.60. The summed E-state index contributed by atoms with van der Waals surface area (Å²) in [5.74, 6) is -1.91. The zero-order valence-corrected chi connectivity index (χ0v) is 24.0. The molecule has 10 heteroatoms. The smallest absolute Gasteiger partial charge is 0.343 e. The number of methoxy groups -OCH3 is 1. The number of para-hydroxylation sites is 1. The van der Waals surface area contributed by atoms with Gasteiger partial charge in [0, 0.05) is 0 Å². The number of amides is 2. The summed E-state index contributed by atoms with van der Waals surface area (Å²) < 4.78 is 30.1. The van der Waals surface area contributed by atoms with E-state index in [4.69, 9.17) is 19.0 Å². The summed E-state index contributed by atoms with van der Waals surface area (Å²) >= 11 is 0. The van der Waals surface area contributed by atoms with Gasteiger partial charge in [0.1, 0.15) is 17.5 Å². The molecule has 3 atom stereocenters. The molecule has 0 unspecified atom stereocenters. The largest absolute Gasteiger partial charge is 0.494 e. The predicted molar refractivity (Wildman–Crippen MR) is 159 cm³/mol. The Kier molecular flexibility index (Phi) is 7.99. The second-order valence-electron chi connectivity index (χ2n) is 10.3. The third-order valence-electron chi connectivity index (χ3n) is 7.51. The zero-order chi connectivity index (χ0) is 30.8. The van der Waals surface area contributed by atoms with E-state index in [1.54, 1.807) is 47.5 Å². The molecule has 2 aliphatic heterocycles. The molecule has 0 saturated carbocycles. The van der Waals surface area contributed by atoms with Gasteiger partial charge in [-0.25, -0.2) is 19.1 Å². The van der Waals surface area contributed by atoms with Crippen molar-refractivity contribution in [2.24, 2.45) is 5.92 Å². The fourth-order valence-electron chi connectivity index (χ4n) is 5.42. The highest BCUT2D eigenvalue weighted by molar-refractivity contribution is 6.24. The maximum absolute atomic E-state index is 14.0. The van der Waals surface area contributed by atoms with Crippen molar-refractivity contribution < 1.29 is 37.8 Å². The van der Waals surface area contributed by atoms with Crippen LogP contribution in [-0.2, 0) is 14.4 Å². The third kappa shape index (κ3) is 5.35. The lowest BCUT2D eigenvalue weighted by atomic mass is 9.90. The van der Waals surface area contributed by atoms with E-state index < -0.39 is 41.7 Å². The van der Waals surface area contributed by atoms with Crippen LogP contribution in [0.1, 0.15) is 35.3 Å². The molecule has 9 nitrogen and oxygen atoms in total. The molecule has 224 valence electrons. The number of fused-ring (bicyclic) bond motifs is 1. The predicted octanol–water partition coefficient (Wildman–Crippen LogP) is 5.89. The molecule has 0 aromatic heterocycles. The molecule has 0 radical (unpaired) electrons. The molecule has 2 aliphatic rings. The van der Waals surface area contributed by atoms with Gasteiger partial charge in [-0.2, -0.15) is 0 Å². The van der Waals surface area contributed by atoms with Crippen LogP contribution < -0.4 is 24.2 Å². The van der Waals surface area contributed by atoms with Crippen molar-refractivity contribution >= 4 is 29.2 Å². The molecule has 0 spiro atoms. The van der Waals surface area contributed by atoms with E-state index >= 15 is 0 Å². The number of hydrogen-bond acceptors (Lipinski definition) is 8. The van der Waals surface area contributed by atoms with Crippen LogP contribution >= 0.6 is 0 Å². The molecular formula is C34H29FN2O7. The maximum Gasteiger partial charge on any atom is 0.343 e. The lowest BCUT2D eigenvalue weighted by molar-refractivity contribution is -0.126. The molecule has 0 aliphatic carbocycles. The van der Waals surface area contributed by atoms with Gasteiger partial charge in [0.2, 0.25) is 5.91 Å². The summed E-state index contributed by atoms with van der Waals surface area (Å²) in [7, 11) is 1.43. The van der Waals surface area contributed by atoms with E-state index in [1.807, 2.05) is 37.3 Å². The van der Waals surface area contributed by atoms with E-state index in [0.717, 1.165) is 11.3 Å². The lowest BCUT2D eigenvalue weighted by Crippen LogP contribution is -2.37. The summed E-state index contributed by atoms with van der Waals surface area (Å²) in [5, 5.41) is 1.57. The molecule has 2 heterocycles. The fourth-order valence-corrected chi connectivity index (χ4v) is 5.42. The maximum atomic E-state index is 14.0. The molecule has 6 rings (SSSR count). The molecule has 2 fully saturated rings. The molecule has 0 N–H and O–H groups in total. The molecule has 2 saturated heterocycles. The van der Waals surface area contributed by atoms with Crippen molar-refractivity contribution in [3.05, 3.63) is 114 Å². The first-order valence-electron chi connectivity index (χ1n) is 14.2. The van der Waals surface area contributed by atoms with Crippen molar-refractivity contribution in [2.45, 2.75) is 25.5 Å². The van der Waals surface area contributed by atoms with Crippen LogP contribution in [0, 0.1) is 11.7 Å². The van der Waals surface area contributed by atoms with Crippen LogP contribution in [0.15, 0.2) is 97.1 Å². The van der Waals surface area contributed by atoms with Crippen LogP contribution in [0.5, 0.6) is 17.2 Å². The normalized spacial score (nSPS) is 19.2. The standard InChI is InChI=1S/C34H29FN2O7/c1-3-19-42-26-16-14-24(15-17-26)36-32(38)29-30(37(44-31(29)33(36)39)25-7-5-4-6-8-25)22-11-18-27(28(20-22)41-2)43-34(40)21-9-12-23(35)13-10-21/h4-18,20,29-31H,3,19H2,1-2H3/t29-,30+,31-/m0/s1. The monoisotopic (exact) mass is 596 g/mol. The van der Waals surface area contributed by atoms with Gasteiger partial charge >= 0.3 is 5.97 Å². The number of nitrogens with zero attached hydrogens (tertiary/aromatic N) is 2. The summed E-state index contributed by atoms with van der Waals surface area (Å²) in [5.41, 5.74) is 1.85. The fraction of sp³-hybridized carbons (Fsp3) is 0.206. The first-order valence-corrected chi connectivity index (χ1v) is 14.2. The number of rotatable bonds is 9. The Morgan fingerprint density at radius 3 is 2.27 bits per heavy atom. The molecule has 4 aromatic rings. The Bertz CT molecular complexity index is 1680. The van der Waals surface area contributed by atoms with Gasteiger partial charge in [-0.05, 0) is 84.8 Å². The van der Waals surface area contributed by atoms with E-state index in [0.29, 0.717) is 29.3 Å². The molecule has 4 aromatic carbocycles. The Morgan fingerprint density at radius 1 is 0.864 bits per heavy atom. The highest BCUT2D eigenvalue weighted by atomic mass is 19.1. The van der Waals surface area contributed by atoms with Gasteiger partial charge in [-0.15, -0.1) is 0 Å². The zero-order valence-electron chi connectivity index (χ0n) is 24.0. The number of ether oxygens (including phenoxy) is 3. The van der Waals surface area contributed by atoms with Crippen molar-refractivity contribution in [3.8, 4) is 17.2 Å². The number of benzene rings is 4. The van der Waals surface area contributed by atoms with E-state index in [1.165, 1.54) is 31.4 Å². The SMILES string of the molecule is CCCOc1ccc(N2C(=O)[C@@H]3[C@H](ON(c4ccccc4)[C@@H]3c3ccc(OC(=O)c4ccc(F)cc4)c(OC)c3)C2=O)cc1. The Hall–Kier alpha value is -5.22. The third-order valence-corrected chi connectivity index (χ3v) is 7.51. The Morgan fingerprint density at radius 2 is 1.59 bits per heavy atom. The first kappa shape index (κ1) is 28.9. The summed E-state index contributed by atoms with van der Waals surface area (Å²) in [6.07, 6.45) is -0.210. The lowest BCUT2D eigenvalue weighted by Gasteiger charge is -2.29. The molecule has 44 heavy (non-hydrogen) atoms.